The molecule has 0 radical (unpaired) electrons. The van der Waals surface area contributed by atoms with Crippen molar-refractivity contribution < 1.29 is 4.74 Å². The maximum absolute atomic E-state index is 5.75. The zero-order chi connectivity index (χ0) is 11.4. The first-order valence-electron chi connectivity index (χ1n) is 5.23. The molecule has 0 fully saturated rings. The van der Waals surface area contributed by atoms with E-state index in [9.17, 15) is 0 Å². The van der Waals surface area contributed by atoms with Crippen molar-refractivity contribution in [3.05, 3.63) is 50.6 Å². The molecule has 0 aliphatic carbocycles. The SMILES string of the molecule is CCc1cccc(OCc2sccc2Br)c1. The third kappa shape index (κ3) is 2.86. The van der Waals surface area contributed by atoms with Crippen LogP contribution in [0.4, 0.5) is 0 Å². The molecule has 0 aliphatic heterocycles. The topological polar surface area (TPSA) is 9.23 Å². The Morgan fingerprint density at radius 3 is 2.88 bits per heavy atom. The Morgan fingerprint density at radius 2 is 2.19 bits per heavy atom. The molecule has 1 nitrogen and oxygen atoms in total. The van der Waals surface area contributed by atoms with E-state index < -0.39 is 0 Å². The molecule has 0 amide bonds. The Kier molecular flexibility index (Phi) is 4.02. The van der Waals surface area contributed by atoms with Gasteiger partial charge in [-0.3, -0.25) is 0 Å². The Bertz CT molecular complexity index is 464. The maximum Gasteiger partial charge on any atom is 0.124 e. The molecule has 0 spiro atoms. The lowest BCUT2D eigenvalue weighted by molar-refractivity contribution is 0.309. The van der Waals surface area contributed by atoms with Crippen LogP contribution in [0.5, 0.6) is 5.75 Å². The number of rotatable bonds is 4. The van der Waals surface area contributed by atoms with Crippen LogP contribution in [0.25, 0.3) is 0 Å². The molecule has 0 saturated carbocycles. The van der Waals surface area contributed by atoms with Crippen LogP contribution in [0, 0.1) is 0 Å². The van der Waals surface area contributed by atoms with Gasteiger partial charge < -0.3 is 4.74 Å². The lowest BCUT2D eigenvalue weighted by Crippen LogP contribution is -1.94. The Hall–Kier alpha value is -0.800. The van der Waals surface area contributed by atoms with Gasteiger partial charge in [0.1, 0.15) is 12.4 Å². The highest BCUT2D eigenvalue weighted by Crippen LogP contribution is 2.24. The molecule has 0 saturated heterocycles. The lowest BCUT2D eigenvalue weighted by Gasteiger charge is -2.06. The summed E-state index contributed by atoms with van der Waals surface area (Å²) in [6.45, 7) is 2.78. The third-order valence-corrected chi connectivity index (χ3v) is 4.27. The van der Waals surface area contributed by atoms with Crippen LogP contribution in [-0.4, -0.2) is 0 Å². The van der Waals surface area contributed by atoms with Crippen LogP contribution >= 0.6 is 27.3 Å². The number of ether oxygens (including phenoxy) is 1. The summed E-state index contributed by atoms with van der Waals surface area (Å²) in [7, 11) is 0. The standard InChI is InChI=1S/C13H13BrOS/c1-2-10-4-3-5-11(8-10)15-9-13-12(14)6-7-16-13/h3-8H,2,9H2,1H3. The molecule has 3 heteroatoms. The van der Waals surface area contributed by atoms with Gasteiger partial charge in [0.2, 0.25) is 0 Å². The minimum Gasteiger partial charge on any atom is -0.488 e. The summed E-state index contributed by atoms with van der Waals surface area (Å²) in [5.41, 5.74) is 1.31. The van der Waals surface area contributed by atoms with E-state index in [0.717, 1.165) is 16.6 Å². The van der Waals surface area contributed by atoms with E-state index >= 15 is 0 Å². The summed E-state index contributed by atoms with van der Waals surface area (Å²) in [6, 6.07) is 10.3. The average molecular weight is 297 g/mol. The smallest absolute Gasteiger partial charge is 0.124 e. The molecule has 16 heavy (non-hydrogen) atoms. The molecular weight excluding hydrogens is 284 g/mol. The van der Waals surface area contributed by atoms with Gasteiger partial charge in [-0.15, -0.1) is 11.3 Å². The fraction of sp³-hybridized carbons (Fsp3) is 0.231. The number of halogens is 1. The molecule has 2 aromatic rings. The number of hydrogen-bond acceptors (Lipinski definition) is 2. The van der Waals surface area contributed by atoms with Crippen LogP contribution in [-0.2, 0) is 13.0 Å². The summed E-state index contributed by atoms with van der Waals surface area (Å²) in [6.07, 6.45) is 1.04. The van der Waals surface area contributed by atoms with Gasteiger partial charge in [0.25, 0.3) is 0 Å². The van der Waals surface area contributed by atoms with E-state index in [0.29, 0.717) is 6.61 Å². The van der Waals surface area contributed by atoms with Crippen molar-refractivity contribution >= 4 is 27.3 Å². The minimum absolute atomic E-state index is 0.630. The summed E-state index contributed by atoms with van der Waals surface area (Å²) in [5, 5.41) is 2.06. The van der Waals surface area contributed by atoms with Gasteiger partial charge in [-0.2, -0.15) is 0 Å². The second kappa shape index (κ2) is 5.51. The van der Waals surface area contributed by atoms with Crippen LogP contribution in [0.1, 0.15) is 17.4 Å². The van der Waals surface area contributed by atoms with Crippen LogP contribution in [0.15, 0.2) is 40.2 Å². The zero-order valence-electron chi connectivity index (χ0n) is 9.07. The average Bonchev–Trinajstić information content (AvgIpc) is 2.72. The van der Waals surface area contributed by atoms with Crippen LogP contribution in [0.3, 0.4) is 0 Å². The highest BCUT2D eigenvalue weighted by Gasteiger charge is 2.02. The van der Waals surface area contributed by atoms with E-state index in [2.05, 4.69) is 40.4 Å². The second-order valence-corrected chi connectivity index (χ2v) is 5.34. The number of aryl methyl sites for hydroxylation is 1. The summed E-state index contributed by atoms with van der Waals surface area (Å²) in [5.74, 6) is 0.944. The molecule has 0 aliphatic rings. The molecule has 0 N–H and O–H groups in total. The number of thiophene rings is 1. The molecule has 1 aromatic heterocycles. The first-order chi connectivity index (χ1) is 7.79. The van der Waals surface area contributed by atoms with Gasteiger partial charge in [-0.05, 0) is 51.5 Å². The molecule has 1 heterocycles. The van der Waals surface area contributed by atoms with Crippen molar-refractivity contribution in [2.24, 2.45) is 0 Å². The molecule has 1 aromatic carbocycles. The maximum atomic E-state index is 5.75. The van der Waals surface area contributed by atoms with Gasteiger partial charge in [0.05, 0.1) is 4.88 Å². The molecule has 84 valence electrons. The summed E-state index contributed by atoms with van der Waals surface area (Å²) < 4.78 is 6.88. The Morgan fingerprint density at radius 1 is 1.31 bits per heavy atom. The first kappa shape index (κ1) is 11.7. The third-order valence-electron chi connectivity index (χ3n) is 2.37. The van der Waals surface area contributed by atoms with Crippen molar-refractivity contribution in [1.82, 2.24) is 0 Å². The van der Waals surface area contributed by atoms with Gasteiger partial charge in [0, 0.05) is 4.47 Å². The van der Waals surface area contributed by atoms with E-state index in [-0.39, 0.29) is 0 Å². The van der Waals surface area contributed by atoms with Crippen LogP contribution in [0.2, 0.25) is 0 Å². The lowest BCUT2D eigenvalue weighted by atomic mass is 10.2. The van der Waals surface area contributed by atoms with Crippen molar-refractivity contribution in [1.29, 1.82) is 0 Å². The van der Waals surface area contributed by atoms with Gasteiger partial charge >= 0.3 is 0 Å². The van der Waals surface area contributed by atoms with Crippen molar-refractivity contribution in [2.75, 3.05) is 0 Å². The predicted molar refractivity (Wildman–Crippen MR) is 72.2 cm³/mol. The van der Waals surface area contributed by atoms with E-state index in [1.807, 2.05) is 18.2 Å². The summed E-state index contributed by atoms with van der Waals surface area (Å²) >= 11 is 5.21. The zero-order valence-corrected chi connectivity index (χ0v) is 11.5. The normalized spacial score (nSPS) is 10.4. The Balaban J connectivity index is 2.02. The van der Waals surface area contributed by atoms with E-state index in [4.69, 9.17) is 4.74 Å². The summed E-state index contributed by atoms with van der Waals surface area (Å²) in [4.78, 5) is 1.22. The quantitative estimate of drug-likeness (QED) is 0.798. The van der Waals surface area contributed by atoms with Crippen molar-refractivity contribution in [3.8, 4) is 5.75 Å². The van der Waals surface area contributed by atoms with E-state index in [1.54, 1.807) is 11.3 Å². The van der Waals surface area contributed by atoms with Crippen molar-refractivity contribution in [2.45, 2.75) is 20.0 Å². The monoisotopic (exact) mass is 296 g/mol. The molecular formula is C13H13BrOS. The van der Waals surface area contributed by atoms with Crippen LogP contribution < -0.4 is 4.74 Å². The van der Waals surface area contributed by atoms with Crippen molar-refractivity contribution in [3.63, 3.8) is 0 Å². The van der Waals surface area contributed by atoms with E-state index in [1.165, 1.54) is 10.4 Å². The highest BCUT2D eigenvalue weighted by molar-refractivity contribution is 9.10. The first-order valence-corrected chi connectivity index (χ1v) is 6.90. The fourth-order valence-corrected chi connectivity index (χ4v) is 2.81. The molecule has 0 unspecified atom stereocenters. The Labute approximate surface area is 108 Å². The van der Waals surface area contributed by atoms with Gasteiger partial charge in [0.15, 0.2) is 0 Å². The predicted octanol–water partition coefficient (Wildman–Crippen LogP) is 4.65. The second-order valence-electron chi connectivity index (χ2n) is 3.48. The molecule has 0 bridgehead atoms. The number of benzene rings is 1. The minimum atomic E-state index is 0.630. The molecule has 0 atom stereocenters. The number of hydrogen-bond donors (Lipinski definition) is 0. The molecule has 2 rings (SSSR count). The fourth-order valence-electron chi connectivity index (χ4n) is 1.43. The highest BCUT2D eigenvalue weighted by atomic mass is 79.9. The largest absolute Gasteiger partial charge is 0.488 e. The van der Waals surface area contributed by atoms with Gasteiger partial charge in [-0.25, -0.2) is 0 Å². The van der Waals surface area contributed by atoms with Gasteiger partial charge in [-0.1, -0.05) is 19.1 Å².